The van der Waals surface area contributed by atoms with Crippen LogP contribution in [0, 0.1) is 0 Å². The van der Waals surface area contributed by atoms with Crippen LogP contribution in [-0.4, -0.2) is 18.8 Å². The van der Waals surface area contributed by atoms with Crippen LogP contribution in [0.3, 0.4) is 0 Å². The first kappa shape index (κ1) is 7.53. The summed E-state index contributed by atoms with van der Waals surface area (Å²) in [5.41, 5.74) is 10.6. The van der Waals surface area contributed by atoms with Crippen LogP contribution in [0.2, 0.25) is 0 Å². The maximum absolute atomic E-state index is 5.31. The van der Waals surface area contributed by atoms with E-state index in [9.17, 15) is 0 Å². The van der Waals surface area contributed by atoms with E-state index >= 15 is 0 Å². The van der Waals surface area contributed by atoms with Crippen molar-refractivity contribution >= 4 is 18.3 Å². The molecule has 0 aromatic heterocycles. The van der Waals surface area contributed by atoms with Crippen LogP contribution in [-0.2, 0) is 11.8 Å². The van der Waals surface area contributed by atoms with Gasteiger partial charge in [-0.25, -0.2) is 0 Å². The number of rotatable bonds is 1. The van der Waals surface area contributed by atoms with E-state index in [4.69, 9.17) is 22.8 Å². The molecule has 3 nitrogen and oxygen atoms in total. The molecule has 0 saturated carbocycles. The van der Waals surface area contributed by atoms with Gasteiger partial charge in [0.2, 0.25) is 0 Å². The molecule has 0 rings (SSSR count). The van der Waals surface area contributed by atoms with E-state index in [-0.39, 0.29) is 0 Å². The van der Waals surface area contributed by atoms with Crippen molar-refractivity contribution in [2.45, 2.75) is 0 Å². The Hall–Kier alpha value is 0.530. The molecule has 0 atom stereocenters. The second kappa shape index (κ2) is 2.20. The highest BCUT2D eigenvalue weighted by molar-refractivity contribution is 8.11. The van der Waals surface area contributed by atoms with Crippen molar-refractivity contribution < 1.29 is 0 Å². The zero-order valence-corrected chi connectivity index (χ0v) is 6.17. The lowest BCUT2D eigenvalue weighted by molar-refractivity contribution is 0.674. The summed E-state index contributed by atoms with van der Waals surface area (Å²) >= 11 is 4.70. The molecule has 0 bridgehead atoms. The van der Waals surface area contributed by atoms with E-state index in [0.717, 1.165) is 0 Å². The lowest BCUT2D eigenvalue weighted by Gasteiger charge is -2.17. The van der Waals surface area contributed by atoms with Crippen molar-refractivity contribution in [3.8, 4) is 0 Å². The van der Waals surface area contributed by atoms with Gasteiger partial charge >= 0.3 is 0 Å². The molecule has 0 aromatic carbocycles. The van der Waals surface area contributed by atoms with Crippen molar-refractivity contribution in [1.29, 1.82) is 0 Å². The van der Waals surface area contributed by atoms with Crippen LogP contribution in [0.25, 0.3) is 0 Å². The minimum atomic E-state index is -2.07. The average Bonchev–Trinajstić information content (AvgIpc) is 1.31. The number of nitrogens with zero attached hydrogens (tertiary/aromatic N) is 1. The summed E-state index contributed by atoms with van der Waals surface area (Å²) in [6, 6.07) is 0. The normalized spacial score (nSPS) is 12.7. The molecule has 5 heteroatoms. The zero-order chi connectivity index (χ0) is 6.08. The van der Waals surface area contributed by atoms with Gasteiger partial charge in [0.15, 0.2) is 0 Å². The highest BCUT2D eigenvalue weighted by Crippen LogP contribution is 2.26. The number of hydrogen-bond acceptors (Lipinski definition) is 1. The number of nitrogens with two attached hydrogens (primary N) is 2. The van der Waals surface area contributed by atoms with E-state index in [1.807, 2.05) is 0 Å². The molecule has 44 valence electrons. The summed E-state index contributed by atoms with van der Waals surface area (Å²) < 4.78 is 1.67. The Labute approximate surface area is 48.8 Å². The highest BCUT2D eigenvalue weighted by atomic mass is 32.4. The van der Waals surface area contributed by atoms with Gasteiger partial charge < -0.3 is 0 Å². The quantitative estimate of drug-likeness (QED) is 0.489. The van der Waals surface area contributed by atoms with Gasteiger partial charge in [-0.2, -0.15) is 0 Å². The van der Waals surface area contributed by atoms with Crippen LogP contribution in [0.1, 0.15) is 0 Å². The smallest absolute Gasteiger partial charge is 0.134 e. The summed E-state index contributed by atoms with van der Waals surface area (Å²) in [5.74, 6) is 0. The van der Waals surface area contributed by atoms with Gasteiger partial charge in [0, 0.05) is 0 Å². The lowest BCUT2D eigenvalue weighted by Crippen LogP contribution is -2.20. The van der Waals surface area contributed by atoms with E-state index in [1.165, 1.54) is 0 Å². The monoisotopic (exact) mass is 139 g/mol. The van der Waals surface area contributed by atoms with Gasteiger partial charge in [-0.1, -0.05) is 0 Å². The Bertz CT molecular complexity index is 95.1. The summed E-state index contributed by atoms with van der Waals surface area (Å²) in [5, 5.41) is 0. The summed E-state index contributed by atoms with van der Waals surface area (Å²) in [7, 11) is 3.56. The Morgan fingerprint density at radius 1 is 1.43 bits per heavy atom. The fourth-order valence-electron chi connectivity index (χ4n) is 0. The molecule has 0 amide bonds. The van der Waals surface area contributed by atoms with Crippen molar-refractivity contribution in [2.24, 2.45) is 11.0 Å². The zero-order valence-electron chi connectivity index (χ0n) is 4.46. The third-order valence-corrected chi connectivity index (χ3v) is 2.86. The van der Waals surface area contributed by atoms with Crippen molar-refractivity contribution in [1.82, 2.24) is 4.67 Å². The lowest BCUT2D eigenvalue weighted by atomic mass is 11.3. The Balaban J connectivity index is 3.80. The predicted octanol–water partition coefficient (Wildman–Crippen LogP) is -0.310. The first-order valence-corrected chi connectivity index (χ1v) is 4.69. The van der Waals surface area contributed by atoms with E-state index in [1.54, 1.807) is 18.8 Å². The largest absolute Gasteiger partial charge is 0.279 e. The van der Waals surface area contributed by atoms with E-state index < -0.39 is 6.49 Å². The van der Waals surface area contributed by atoms with Crippen LogP contribution < -0.4 is 11.0 Å². The van der Waals surface area contributed by atoms with Gasteiger partial charge in [0.05, 0.1) is 0 Å². The van der Waals surface area contributed by atoms with Crippen molar-refractivity contribution in [2.75, 3.05) is 14.1 Å². The van der Waals surface area contributed by atoms with E-state index in [2.05, 4.69) is 0 Å². The second-order valence-corrected chi connectivity index (χ2v) is 5.42. The van der Waals surface area contributed by atoms with Gasteiger partial charge in [0.25, 0.3) is 0 Å². The van der Waals surface area contributed by atoms with Crippen LogP contribution in [0.5, 0.6) is 0 Å². The summed E-state index contributed by atoms with van der Waals surface area (Å²) in [6.07, 6.45) is 0. The Kier molecular flexibility index (Phi) is 2.37. The molecule has 0 aliphatic rings. The predicted molar refractivity (Wildman–Crippen MR) is 36.3 cm³/mol. The maximum Gasteiger partial charge on any atom is 0.134 e. The Morgan fingerprint density at radius 2 is 1.57 bits per heavy atom. The molecule has 0 radical (unpaired) electrons. The topological polar surface area (TPSA) is 55.3 Å². The Morgan fingerprint density at radius 3 is 1.57 bits per heavy atom. The molecule has 0 heterocycles. The molecule has 0 spiro atoms. The molecule has 0 aliphatic carbocycles. The third kappa shape index (κ3) is 3.14. The fourth-order valence-corrected chi connectivity index (χ4v) is 0. The molecule has 4 N–H and O–H groups in total. The molecular weight excluding hydrogens is 129 g/mol. The minimum absolute atomic E-state index is 1.67. The maximum atomic E-state index is 5.31. The third-order valence-electron chi connectivity index (χ3n) is 0.625. The number of hydrogen-bond donors (Lipinski definition) is 2. The second-order valence-electron chi connectivity index (χ2n) is 1.52. The first-order chi connectivity index (χ1) is 2.94. The van der Waals surface area contributed by atoms with Crippen LogP contribution >= 0.6 is 6.49 Å². The molecule has 7 heavy (non-hydrogen) atoms. The van der Waals surface area contributed by atoms with Gasteiger partial charge in [-0.3, -0.25) is 15.7 Å². The van der Waals surface area contributed by atoms with Crippen molar-refractivity contribution in [3.63, 3.8) is 0 Å². The van der Waals surface area contributed by atoms with E-state index in [0.29, 0.717) is 0 Å². The van der Waals surface area contributed by atoms with Crippen molar-refractivity contribution in [3.05, 3.63) is 0 Å². The minimum Gasteiger partial charge on any atom is -0.279 e. The van der Waals surface area contributed by atoms with Gasteiger partial charge in [-0.05, 0) is 25.9 Å². The molecule has 0 unspecified atom stereocenters. The average molecular weight is 139 g/mol. The van der Waals surface area contributed by atoms with Gasteiger partial charge in [-0.15, -0.1) is 0 Å². The first-order valence-electron chi connectivity index (χ1n) is 1.79. The SMILES string of the molecule is CN(C)P(N)(N)=S. The summed E-state index contributed by atoms with van der Waals surface area (Å²) in [4.78, 5) is 0. The molecular formula is C2H10N3PS. The van der Waals surface area contributed by atoms with Crippen LogP contribution in [0.15, 0.2) is 0 Å². The molecule has 0 fully saturated rings. The highest BCUT2D eigenvalue weighted by Gasteiger charge is 2.02. The fraction of sp³-hybridized carbons (Fsp3) is 1.00. The molecule has 0 aromatic rings. The molecule has 0 saturated heterocycles. The standard InChI is InChI=1S/C2H10N3PS/c1-5(2)6(3,4)7/h1-2H3,(H4,3,4,7). The van der Waals surface area contributed by atoms with Gasteiger partial charge in [0.1, 0.15) is 6.49 Å². The summed E-state index contributed by atoms with van der Waals surface area (Å²) in [6.45, 7) is -2.07. The molecule has 0 aliphatic heterocycles. The van der Waals surface area contributed by atoms with Crippen LogP contribution in [0.4, 0.5) is 0 Å².